The largest absolute Gasteiger partial charge is 0.494 e. The molecule has 1 fully saturated rings. The van der Waals surface area contributed by atoms with Gasteiger partial charge in [0, 0.05) is 12.2 Å². The van der Waals surface area contributed by atoms with Gasteiger partial charge in [0.2, 0.25) is 11.8 Å². The molecule has 0 aliphatic carbocycles. The average molecular weight is 380 g/mol. The van der Waals surface area contributed by atoms with Gasteiger partial charge >= 0.3 is 5.97 Å². The van der Waals surface area contributed by atoms with Gasteiger partial charge in [0.25, 0.3) is 0 Å². The first kappa shape index (κ1) is 20.3. The van der Waals surface area contributed by atoms with Gasteiger partial charge in [0.05, 0.1) is 24.2 Å². The van der Waals surface area contributed by atoms with Crippen molar-refractivity contribution < 1.29 is 23.9 Å². The molecule has 26 heavy (non-hydrogen) atoms. The highest BCUT2D eigenvalue weighted by Gasteiger charge is 2.40. The van der Waals surface area contributed by atoms with Crippen LogP contribution in [0.3, 0.4) is 0 Å². The molecule has 7 nitrogen and oxygen atoms in total. The van der Waals surface area contributed by atoms with Crippen LogP contribution in [0.25, 0.3) is 0 Å². The lowest BCUT2D eigenvalue weighted by molar-refractivity contribution is -0.144. The molecule has 2 N–H and O–H groups in total. The van der Waals surface area contributed by atoms with E-state index >= 15 is 0 Å². The number of nitrogens with two attached hydrogens (primary N) is 1. The fraction of sp³-hybridized carbons (Fsp3) is 0.500. The molecule has 1 aromatic rings. The van der Waals surface area contributed by atoms with Crippen LogP contribution in [0.4, 0.5) is 5.69 Å². The number of anilines is 1. The lowest BCUT2D eigenvalue weighted by Gasteiger charge is -2.16. The molecule has 8 heteroatoms. The highest BCUT2D eigenvalue weighted by molar-refractivity contribution is 8.00. The molecule has 142 valence electrons. The maximum atomic E-state index is 12.6. The summed E-state index contributed by atoms with van der Waals surface area (Å²) in [7, 11) is 0. The van der Waals surface area contributed by atoms with Crippen molar-refractivity contribution in [3.05, 3.63) is 24.3 Å². The topological polar surface area (TPSA) is 98.9 Å². The van der Waals surface area contributed by atoms with Crippen molar-refractivity contribution in [2.75, 3.05) is 23.9 Å². The number of amides is 2. The molecular weight excluding hydrogens is 356 g/mol. The molecular formula is C18H24N2O5S. The van der Waals surface area contributed by atoms with E-state index in [0.717, 1.165) is 6.42 Å². The minimum atomic E-state index is -0.813. The second-order valence-corrected chi connectivity index (χ2v) is 7.03. The predicted molar refractivity (Wildman–Crippen MR) is 100 cm³/mol. The molecule has 0 unspecified atom stereocenters. The normalized spacial score (nSPS) is 18.1. The summed E-state index contributed by atoms with van der Waals surface area (Å²) >= 11 is 1.21. The van der Waals surface area contributed by atoms with Crippen molar-refractivity contribution in [3.63, 3.8) is 0 Å². The summed E-state index contributed by atoms with van der Waals surface area (Å²) in [5.74, 6) is -0.143. The monoisotopic (exact) mass is 380 g/mol. The third kappa shape index (κ3) is 4.98. The lowest BCUT2D eigenvalue weighted by atomic mass is 10.3. The Hall–Kier alpha value is -2.06. The Labute approximate surface area is 157 Å². The van der Waals surface area contributed by atoms with Crippen LogP contribution >= 0.6 is 11.8 Å². The van der Waals surface area contributed by atoms with Crippen molar-refractivity contribution in [2.45, 2.75) is 38.0 Å². The van der Waals surface area contributed by atoms with Crippen molar-refractivity contribution >= 4 is 35.2 Å². The molecule has 0 bridgehead atoms. The summed E-state index contributed by atoms with van der Waals surface area (Å²) in [6, 6.07) is 6.05. The highest BCUT2D eigenvalue weighted by atomic mass is 32.2. The Morgan fingerprint density at radius 1 is 1.31 bits per heavy atom. The Kier molecular flexibility index (Phi) is 7.47. The standard InChI is InChI=1S/C18H24N2O5S/c1-3-9-25-13-7-5-12(6-8-13)20-16(21)10-15(17(20)22)26-11-14(19)18(23)24-4-2/h5-8,14-15H,3-4,9-11,19H2,1-2H3/t14-,15+/m0/s1. The fourth-order valence-corrected chi connectivity index (χ4v) is 3.54. The summed E-state index contributed by atoms with van der Waals surface area (Å²) in [4.78, 5) is 37.6. The molecule has 0 aromatic heterocycles. The summed E-state index contributed by atoms with van der Waals surface area (Å²) in [6.07, 6.45) is 0.991. The minimum Gasteiger partial charge on any atom is -0.494 e. The summed E-state index contributed by atoms with van der Waals surface area (Å²) in [5, 5.41) is -0.543. The van der Waals surface area contributed by atoms with E-state index in [1.54, 1.807) is 31.2 Å². The number of thioether (sulfide) groups is 1. The molecule has 0 radical (unpaired) electrons. The van der Waals surface area contributed by atoms with Gasteiger partial charge in [-0.05, 0) is 37.6 Å². The van der Waals surface area contributed by atoms with Crippen LogP contribution in [0.1, 0.15) is 26.7 Å². The quantitative estimate of drug-likeness (QED) is 0.514. The zero-order chi connectivity index (χ0) is 19.1. The maximum Gasteiger partial charge on any atom is 0.323 e. The smallest absolute Gasteiger partial charge is 0.323 e. The Bertz CT molecular complexity index is 649. The molecule has 2 atom stereocenters. The number of esters is 1. The van der Waals surface area contributed by atoms with E-state index in [0.29, 0.717) is 18.0 Å². The summed E-state index contributed by atoms with van der Waals surface area (Å²) in [5.41, 5.74) is 6.26. The van der Waals surface area contributed by atoms with Crippen molar-refractivity contribution in [2.24, 2.45) is 5.73 Å². The number of nitrogens with zero attached hydrogens (tertiary/aromatic N) is 1. The van der Waals surface area contributed by atoms with Crippen LogP contribution in [-0.4, -0.2) is 48.0 Å². The van der Waals surface area contributed by atoms with E-state index in [1.807, 2.05) is 6.92 Å². The van der Waals surface area contributed by atoms with Crippen molar-refractivity contribution in [1.82, 2.24) is 0 Å². The van der Waals surface area contributed by atoms with E-state index in [9.17, 15) is 14.4 Å². The Morgan fingerprint density at radius 2 is 2.00 bits per heavy atom. The number of carbonyl (C=O) groups excluding carboxylic acids is 3. The molecule has 1 heterocycles. The first-order valence-corrected chi connectivity index (χ1v) is 9.66. The fourth-order valence-electron chi connectivity index (χ4n) is 2.45. The predicted octanol–water partition coefficient (Wildman–Crippen LogP) is 1.73. The Balaban J connectivity index is 1.96. The number of imide groups is 1. The molecule has 0 saturated carbocycles. The summed E-state index contributed by atoms with van der Waals surface area (Å²) in [6.45, 7) is 4.58. The van der Waals surface area contributed by atoms with Crippen molar-refractivity contribution in [1.29, 1.82) is 0 Å². The number of benzene rings is 1. The maximum absolute atomic E-state index is 12.6. The van der Waals surface area contributed by atoms with Crippen LogP contribution in [0.2, 0.25) is 0 Å². The number of hydrogen-bond donors (Lipinski definition) is 1. The van der Waals surface area contributed by atoms with Gasteiger partial charge < -0.3 is 15.2 Å². The minimum absolute atomic E-state index is 0.0904. The van der Waals surface area contributed by atoms with Crippen LogP contribution in [-0.2, 0) is 19.1 Å². The molecule has 2 amide bonds. The highest BCUT2D eigenvalue weighted by Crippen LogP contribution is 2.30. The van der Waals surface area contributed by atoms with Crippen LogP contribution in [0.15, 0.2) is 24.3 Å². The second-order valence-electron chi connectivity index (χ2n) is 5.79. The summed E-state index contributed by atoms with van der Waals surface area (Å²) < 4.78 is 10.3. The SMILES string of the molecule is CCCOc1ccc(N2C(=O)C[C@@H](SC[C@H](N)C(=O)OCC)C2=O)cc1. The number of ether oxygens (including phenoxy) is 2. The molecule has 1 aliphatic heterocycles. The van der Waals surface area contributed by atoms with Gasteiger partial charge in [0.1, 0.15) is 11.8 Å². The third-order valence-corrected chi connectivity index (χ3v) is 5.06. The lowest BCUT2D eigenvalue weighted by Crippen LogP contribution is -2.36. The van der Waals surface area contributed by atoms with Gasteiger partial charge in [-0.15, -0.1) is 11.8 Å². The van der Waals surface area contributed by atoms with Gasteiger partial charge in [0.15, 0.2) is 0 Å². The molecule has 1 aliphatic rings. The molecule has 1 saturated heterocycles. The van der Waals surface area contributed by atoms with Crippen LogP contribution < -0.4 is 15.4 Å². The van der Waals surface area contributed by atoms with Crippen molar-refractivity contribution in [3.8, 4) is 5.75 Å². The number of rotatable bonds is 9. The van der Waals surface area contributed by atoms with Gasteiger partial charge in [-0.1, -0.05) is 6.92 Å². The Morgan fingerprint density at radius 3 is 2.62 bits per heavy atom. The molecule has 0 spiro atoms. The van der Waals surface area contributed by atoms with Gasteiger partial charge in [-0.3, -0.25) is 14.4 Å². The third-order valence-electron chi connectivity index (χ3n) is 3.74. The molecule has 1 aromatic carbocycles. The van der Waals surface area contributed by atoms with Crippen LogP contribution in [0, 0.1) is 0 Å². The first-order chi connectivity index (χ1) is 12.5. The van der Waals surface area contributed by atoms with E-state index < -0.39 is 17.3 Å². The average Bonchev–Trinajstić information content (AvgIpc) is 2.92. The van der Waals surface area contributed by atoms with E-state index in [2.05, 4.69) is 0 Å². The van der Waals surface area contributed by atoms with Gasteiger partial charge in [-0.25, -0.2) is 4.90 Å². The van der Waals surface area contributed by atoms with E-state index in [-0.39, 0.29) is 30.6 Å². The zero-order valence-electron chi connectivity index (χ0n) is 15.0. The van der Waals surface area contributed by atoms with Gasteiger partial charge in [-0.2, -0.15) is 0 Å². The first-order valence-electron chi connectivity index (χ1n) is 8.61. The van der Waals surface area contributed by atoms with E-state index in [1.165, 1.54) is 16.7 Å². The second kappa shape index (κ2) is 9.59. The number of carbonyl (C=O) groups is 3. The molecule has 2 rings (SSSR count). The van der Waals surface area contributed by atoms with Crippen LogP contribution in [0.5, 0.6) is 5.75 Å². The zero-order valence-corrected chi connectivity index (χ0v) is 15.8. The number of hydrogen-bond acceptors (Lipinski definition) is 7. The van der Waals surface area contributed by atoms with E-state index in [4.69, 9.17) is 15.2 Å².